The molecule has 0 fully saturated rings. The molecule has 0 atom stereocenters. The Hall–Kier alpha value is -1.98. The maximum atomic E-state index is 10.7. The molecule has 0 amide bonds. The van der Waals surface area contributed by atoms with Crippen molar-refractivity contribution in [3.63, 3.8) is 0 Å². The van der Waals surface area contributed by atoms with Gasteiger partial charge in [-0.2, -0.15) is 0 Å². The van der Waals surface area contributed by atoms with Crippen molar-refractivity contribution in [1.29, 1.82) is 0 Å². The maximum absolute atomic E-state index is 10.7. The Balaban J connectivity index is 3.21. The monoisotopic (exact) mass is 227 g/mol. The van der Waals surface area contributed by atoms with E-state index in [9.17, 15) is 15.2 Å². The van der Waals surface area contributed by atoms with Crippen molar-refractivity contribution in [2.45, 2.75) is 13.8 Å². The van der Waals surface area contributed by atoms with Gasteiger partial charge in [0.1, 0.15) is 5.75 Å². The third-order valence-corrected chi connectivity index (χ3v) is 1.84. The number of nitrogens with zero attached hydrogens (tertiary/aromatic N) is 1. The van der Waals surface area contributed by atoms with E-state index in [-0.39, 0.29) is 5.75 Å². The van der Waals surface area contributed by atoms with Crippen molar-refractivity contribution in [2.24, 2.45) is 0 Å². The number of ether oxygens (including phenoxy) is 2. The molecule has 0 radical (unpaired) electrons. The first-order chi connectivity index (χ1) is 7.60. The first-order valence-electron chi connectivity index (χ1n) is 4.87. The highest BCUT2D eigenvalue weighted by Gasteiger charge is 2.20. The molecule has 16 heavy (non-hydrogen) atoms. The van der Waals surface area contributed by atoms with Crippen LogP contribution in [0.4, 0.5) is 5.69 Å². The van der Waals surface area contributed by atoms with Crippen molar-refractivity contribution in [3.8, 4) is 17.2 Å². The van der Waals surface area contributed by atoms with Crippen LogP contribution in [-0.4, -0.2) is 23.2 Å². The average molecular weight is 227 g/mol. The Morgan fingerprint density at radius 3 is 2.44 bits per heavy atom. The molecule has 0 aliphatic heterocycles. The second-order valence-corrected chi connectivity index (χ2v) is 2.91. The molecule has 0 aromatic heterocycles. The van der Waals surface area contributed by atoms with Crippen LogP contribution in [0, 0.1) is 10.1 Å². The fourth-order valence-corrected chi connectivity index (χ4v) is 1.22. The molecular formula is C10H13NO5. The quantitative estimate of drug-likeness (QED) is 0.615. The van der Waals surface area contributed by atoms with Gasteiger partial charge in [-0.05, 0) is 13.8 Å². The molecule has 0 saturated carbocycles. The lowest BCUT2D eigenvalue weighted by Crippen LogP contribution is -1.98. The number of aromatic hydroxyl groups is 1. The van der Waals surface area contributed by atoms with Gasteiger partial charge in [0, 0.05) is 6.07 Å². The van der Waals surface area contributed by atoms with E-state index in [0.29, 0.717) is 19.0 Å². The number of nitro groups is 1. The van der Waals surface area contributed by atoms with Crippen LogP contribution in [0.15, 0.2) is 12.1 Å². The van der Waals surface area contributed by atoms with Crippen LogP contribution in [0.3, 0.4) is 0 Å². The average Bonchev–Trinajstić information content (AvgIpc) is 2.23. The molecule has 0 aliphatic rings. The van der Waals surface area contributed by atoms with E-state index in [1.165, 1.54) is 12.1 Å². The van der Waals surface area contributed by atoms with Gasteiger partial charge in [0.15, 0.2) is 5.75 Å². The summed E-state index contributed by atoms with van der Waals surface area (Å²) in [6.07, 6.45) is 0. The van der Waals surface area contributed by atoms with E-state index >= 15 is 0 Å². The number of phenols is 1. The van der Waals surface area contributed by atoms with E-state index in [1.54, 1.807) is 13.8 Å². The normalized spacial score (nSPS) is 9.88. The van der Waals surface area contributed by atoms with E-state index < -0.39 is 16.4 Å². The minimum atomic E-state index is -0.680. The SMILES string of the molecule is CCOc1cc(OCC)c(O)c([N+](=O)[O-])c1. The molecule has 0 saturated heterocycles. The summed E-state index contributed by atoms with van der Waals surface area (Å²) >= 11 is 0. The summed E-state index contributed by atoms with van der Waals surface area (Å²) in [6, 6.07) is 2.59. The number of benzene rings is 1. The molecule has 6 heteroatoms. The predicted molar refractivity (Wildman–Crippen MR) is 57.1 cm³/mol. The van der Waals surface area contributed by atoms with E-state index in [0.717, 1.165) is 0 Å². The zero-order chi connectivity index (χ0) is 12.1. The summed E-state index contributed by atoms with van der Waals surface area (Å²) in [4.78, 5) is 9.99. The van der Waals surface area contributed by atoms with Gasteiger partial charge in [-0.1, -0.05) is 0 Å². The smallest absolute Gasteiger partial charge is 0.318 e. The first kappa shape index (κ1) is 12.1. The molecule has 0 heterocycles. The molecule has 0 aliphatic carbocycles. The topological polar surface area (TPSA) is 81.8 Å². The van der Waals surface area contributed by atoms with Crippen molar-refractivity contribution >= 4 is 5.69 Å². The van der Waals surface area contributed by atoms with Gasteiger partial charge in [0.25, 0.3) is 0 Å². The molecule has 0 bridgehead atoms. The summed E-state index contributed by atoms with van der Waals surface area (Å²) in [5.74, 6) is -0.120. The lowest BCUT2D eigenvalue weighted by Gasteiger charge is -2.09. The Labute approximate surface area is 92.6 Å². The van der Waals surface area contributed by atoms with Crippen LogP contribution in [0.5, 0.6) is 17.2 Å². The van der Waals surface area contributed by atoms with Gasteiger partial charge >= 0.3 is 5.69 Å². The fraction of sp³-hybridized carbons (Fsp3) is 0.400. The zero-order valence-electron chi connectivity index (χ0n) is 9.10. The summed E-state index contributed by atoms with van der Waals surface area (Å²) in [6.45, 7) is 4.17. The maximum Gasteiger partial charge on any atom is 0.318 e. The van der Waals surface area contributed by atoms with E-state index in [1.807, 2.05) is 0 Å². The van der Waals surface area contributed by atoms with Gasteiger partial charge in [-0.3, -0.25) is 10.1 Å². The summed E-state index contributed by atoms with van der Waals surface area (Å²) in [5, 5.41) is 20.2. The van der Waals surface area contributed by atoms with Gasteiger partial charge in [0.05, 0.1) is 24.2 Å². The Bertz CT molecular complexity index is 391. The number of hydrogen-bond donors (Lipinski definition) is 1. The summed E-state index contributed by atoms with van der Waals surface area (Å²) in [5.41, 5.74) is -0.422. The lowest BCUT2D eigenvalue weighted by molar-refractivity contribution is -0.386. The van der Waals surface area contributed by atoms with Gasteiger partial charge in [0.2, 0.25) is 5.75 Å². The van der Waals surface area contributed by atoms with Gasteiger partial charge < -0.3 is 14.6 Å². The fourth-order valence-electron chi connectivity index (χ4n) is 1.22. The number of nitro benzene ring substituents is 1. The Morgan fingerprint density at radius 1 is 1.31 bits per heavy atom. The van der Waals surface area contributed by atoms with Crippen LogP contribution in [0.25, 0.3) is 0 Å². The third-order valence-electron chi connectivity index (χ3n) is 1.84. The number of phenolic OH excluding ortho intramolecular Hbond substituents is 1. The van der Waals surface area contributed by atoms with Crippen molar-refractivity contribution < 1.29 is 19.5 Å². The molecule has 0 spiro atoms. The Kier molecular flexibility index (Phi) is 3.93. The standard InChI is InChI=1S/C10H13NO5/c1-3-15-7-5-8(11(13)14)10(12)9(6-7)16-4-2/h5-6,12H,3-4H2,1-2H3. The van der Waals surface area contributed by atoms with Crippen LogP contribution in [0.2, 0.25) is 0 Å². The van der Waals surface area contributed by atoms with Crippen molar-refractivity contribution in [1.82, 2.24) is 0 Å². The number of hydrogen-bond acceptors (Lipinski definition) is 5. The van der Waals surface area contributed by atoms with Crippen LogP contribution >= 0.6 is 0 Å². The molecule has 6 nitrogen and oxygen atoms in total. The molecule has 1 aromatic rings. The highest BCUT2D eigenvalue weighted by molar-refractivity contribution is 5.59. The predicted octanol–water partition coefficient (Wildman–Crippen LogP) is 2.10. The minimum Gasteiger partial charge on any atom is -0.500 e. The van der Waals surface area contributed by atoms with E-state index in [4.69, 9.17) is 9.47 Å². The second-order valence-electron chi connectivity index (χ2n) is 2.91. The van der Waals surface area contributed by atoms with E-state index in [2.05, 4.69) is 0 Å². The zero-order valence-corrected chi connectivity index (χ0v) is 9.10. The molecule has 1 aromatic carbocycles. The molecule has 0 unspecified atom stereocenters. The number of rotatable bonds is 5. The lowest BCUT2D eigenvalue weighted by atomic mass is 10.2. The highest BCUT2D eigenvalue weighted by Crippen LogP contribution is 2.39. The molecule has 1 rings (SSSR count). The summed E-state index contributed by atoms with van der Waals surface area (Å²) in [7, 11) is 0. The summed E-state index contributed by atoms with van der Waals surface area (Å²) < 4.78 is 10.2. The van der Waals surface area contributed by atoms with Gasteiger partial charge in [-0.25, -0.2) is 0 Å². The molecule has 1 N–H and O–H groups in total. The largest absolute Gasteiger partial charge is 0.500 e. The minimum absolute atomic E-state index is 0.0557. The van der Waals surface area contributed by atoms with Crippen LogP contribution in [-0.2, 0) is 0 Å². The van der Waals surface area contributed by atoms with Gasteiger partial charge in [-0.15, -0.1) is 0 Å². The molecular weight excluding hydrogens is 214 g/mol. The van der Waals surface area contributed by atoms with Crippen LogP contribution in [0.1, 0.15) is 13.8 Å². The molecule has 88 valence electrons. The van der Waals surface area contributed by atoms with Crippen molar-refractivity contribution in [2.75, 3.05) is 13.2 Å². The Morgan fingerprint density at radius 2 is 1.94 bits per heavy atom. The second kappa shape index (κ2) is 5.20. The highest BCUT2D eigenvalue weighted by atomic mass is 16.6. The third kappa shape index (κ3) is 2.53. The first-order valence-corrected chi connectivity index (χ1v) is 4.87. The van der Waals surface area contributed by atoms with Crippen molar-refractivity contribution in [3.05, 3.63) is 22.2 Å². The van der Waals surface area contributed by atoms with Crippen LogP contribution < -0.4 is 9.47 Å².